The maximum absolute atomic E-state index is 6.11. The number of rotatable bonds is 8. The van der Waals surface area contributed by atoms with Gasteiger partial charge in [0.1, 0.15) is 6.54 Å². The molecule has 0 unspecified atom stereocenters. The quantitative estimate of drug-likeness (QED) is 0.724. The van der Waals surface area contributed by atoms with Crippen LogP contribution < -0.4 is 10.2 Å². The lowest BCUT2D eigenvalue weighted by Gasteiger charge is -2.48. The summed E-state index contributed by atoms with van der Waals surface area (Å²) in [6.07, 6.45) is 4.83. The fourth-order valence-corrected chi connectivity index (χ4v) is 4.20. The summed E-state index contributed by atoms with van der Waals surface area (Å²) in [5.41, 5.74) is 3.19. The highest BCUT2D eigenvalue weighted by Gasteiger charge is 2.44. The Hall–Kier alpha value is -1.06. The minimum Gasteiger partial charge on any atom is -0.378 e. The van der Waals surface area contributed by atoms with Crippen LogP contribution >= 0.6 is 0 Å². The largest absolute Gasteiger partial charge is 0.378 e. The van der Waals surface area contributed by atoms with Gasteiger partial charge in [0.05, 0.1) is 12.1 Å². The predicted molar refractivity (Wildman–Crippen MR) is 107 cm³/mol. The molecule has 0 spiro atoms. The topological polar surface area (TPSA) is 29.1 Å². The monoisotopic (exact) mass is 347 g/mol. The third-order valence-corrected chi connectivity index (χ3v) is 6.43. The molecule has 1 aromatic rings. The van der Waals surface area contributed by atoms with E-state index in [1.54, 1.807) is 0 Å². The van der Waals surface area contributed by atoms with E-state index in [2.05, 4.69) is 76.3 Å². The van der Waals surface area contributed by atoms with Gasteiger partial charge in [-0.3, -0.25) is 0 Å². The molecule has 0 aromatic heterocycles. The van der Waals surface area contributed by atoms with Crippen molar-refractivity contribution in [3.8, 4) is 0 Å². The van der Waals surface area contributed by atoms with E-state index < -0.39 is 0 Å². The molecule has 2 atom stereocenters. The van der Waals surface area contributed by atoms with E-state index >= 15 is 0 Å². The van der Waals surface area contributed by atoms with Gasteiger partial charge in [0.15, 0.2) is 0 Å². The molecule has 1 saturated heterocycles. The van der Waals surface area contributed by atoms with Crippen LogP contribution in [-0.4, -0.2) is 32.8 Å². The molecule has 0 aliphatic carbocycles. The van der Waals surface area contributed by atoms with E-state index in [0.717, 1.165) is 25.5 Å². The number of anilines is 1. The summed E-state index contributed by atoms with van der Waals surface area (Å²) >= 11 is 0. The number of benzene rings is 1. The van der Waals surface area contributed by atoms with Crippen molar-refractivity contribution in [3.63, 3.8) is 0 Å². The first-order valence-corrected chi connectivity index (χ1v) is 10.0. The molecule has 0 radical (unpaired) electrons. The van der Waals surface area contributed by atoms with E-state index in [0.29, 0.717) is 5.41 Å². The average molecular weight is 348 g/mol. The molecular weight excluding hydrogens is 308 g/mol. The van der Waals surface area contributed by atoms with Crippen LogP contribution in [0.25, 0.3) is 0 Å². The van der Waals surface area contributed by atoms with Gasteiger partial charge in [-0.2, -0.15) is 0 Å². The van der Waals surface area contributed by atoms with Crippen LogP contribution in [-0.2, 0) is 11.3 Å². The molecule has 0 bridgehead atoms. The second-order valence-corrected chi connectivity index (χ2v) is 8.69. The number of hydrogen-bond acceptors (Lipinski definition) is 2. The number of ether oxygens (including phenoxy) is 1. The van der Waals surface area contributed by atoms with Gasteiger partial charge in [-0.1, -0.05) is 32.9 Å². The molecule has 1 heterocycles. The zero-order valence-electron chi connectivity index (χ0n) is 17.3. The van der Waals surface area contributed by atoms with E-state index in [1.807, 2.05) is 0 Å². The Balaban J connectivity index is 1.87. The molecule has 2 rings (SSSR count). The maximum atomic E-state index is 6.11. The molecule has 1 aliphatic rings. The lowest BCUT2D eigenvalue weighted by atomic mass is 9.64. The van der Waals surface area contributed by atoms with Crippen molar-refractivity contribution in [2.24, 2.45) is 11.3 Å². The third kappa shape index (κ3) is 5.21. The summed E-state index contributed by atoms with van der Waals surface area (Å²) in [7, 11) is 4.18. The van der Waals surface area contributed by atoms with Crippen molar-refractivity contribution in [3.05, 3.63) is 29.8 Å². The van der Waals surface area contributed by atoms with Crippen molar-refractivity contribution < 1.29 is 10.1 Å². The van der Waals surface area contributed by atoms with Crippen LogP contribution in [0.5, 0.6) is 0 Å². The second-order valence-electron chi connectivity index (χ2n) is 8.69. The van der Waals surface area contributed by atoms with Crippen molar-refractivity contribution >= 4 is 5.69 Å². The van der Waals surface area contributed by atoms with Crippen LogP contribution in [0.3, 0.4) is 0 Å². The molecule has 2 N–H and O–H groups in total. The first-order chi connectivity index (χ1) is 11.8. The van der Waals surface area contributed by atoms with Gasteiger partial charge >= 0.3 is 0 Å². The van der Waals surface area contributed by atoms with Crippen LogP contribution in [0.1, 0.15) is 58.9 Å². The van der Waals surface area contributed by atoms with Gasteiger partial charge in [0, 0.05) is 38.4 Å². The number of hydrogen-bond donors (Lipinski definition) is 1. The summed E-state index contributed by atoms with van der Waals surface area (Å²) in [5, 5.41) is 2.48. The fraction of sp³-hybridized carbons (Fsp3) is 0.727. The molecule has 142 valence electrons. The van der Waals surface area contributed by atoms with Crippen LogP contribution in [0.15, 0.2) is 24.3 Å². The molecule has 3 nitrogen and oxygen atoms in total. The Labute approximate surface area is 155 Å². The first-order valence-electron chi connectivity index (χ1n) is 10.0. The van der Waals surface area contributed by atoms with Gasteiger partial charge in [-0.25, -0.2) is 0 Å². The Bertz CT molecular complexity index is 525. The normalized spacial score (nSPS) is 26.8. The number of nitrogens with two attached hydrogens (primary N) is 1. The van der Waals surface area contributed by atoms with Crippen molar-refractivity contribution in [1.82, 2.24) is 0 Å². The molecule has 0 saturated carbocycles. The van der Waals surface area contributed by atoms with Gasteiger partial charge in [0.25, 0.3) is 0 Å². The lowest BCUT2D eigenvalue weighted by Crippen LogP contribution is -2.83. The van der Waals surface area contributed by atoms with Crippen molar-refractivity contribution in [1.29, 1.82) is 0 Å². The molecule has 1 aliphatic heterocycles. The Morgan fingerprint density at radius 2 is 1.88 bits per heavy atom. The zero-order chi connectivity index (χ0) is 18.5. The SMILES string of the molecule is CC[C@@]1(C)C[C@](CC[NH2+]Cc2ccc(N(C)C)cc2)(C(C)C)CCO1. The smallest absolute Gasteiger partial charge is 0.101 e. The van der Waals surface area contributed by atoms with Gasteiger partial charge in [-0.05, 0) is 49.7 Å². The average Bonchev–Trinajstić information content (AvgIpc) is 2.59. The van der Waals surface area contributed by atoms with Gasteiger partial charge in [0.2, 0.25) is 0 Å². The molecule has 1 fully saturated rings. The summed E-state index contributed by atoms with van der Waals surface area (Å²) in [5.74, 6) is 0.718. The van der Waals surface area contributed by atoms with E-state index in [1.165, 1.54) is 37.1 Å². The highest BCUT2D eigenvalue weighted by molar-refractivity contribution is 5.45. The zero-order valence-corrected chi connectivity index (χ0v) is 17.3. The third-order valence-electron chi connectivity index (χ3n) is 6.43. The summed E-state index contributed by atoms with van der Waals surface area (Å²) < 4.78 is 6.11. The van der Waals surface area contributed by atoms with Gasteiger partial charge < -0.3 is 15.0 Å². The van der Waals surface area contributed by atoms with Crippen LogP contribution in [0, 0.1) is 11.3 Å². The summed E-state index contributed by atoms with van der Waals surface area (Å²) in [6.45, 7) is 12.6. The van der Waals surface area contributed by atoms with E-state index in [4.69, 9.17) is 4.74 Å². The minimum atomic E-state index is 0.0739. The van der Waals surface area contributed by atoms with Crippen LogP contribution in [0.2, 0.25) is 0 Å². The number of quaternary nitrogens is 1. The van der Waals surface area contributed by atoms with E-state index in [-0.39, 0.29) is 5.60 Å². The Morgan fingerprint density at radius 3 is 2.44 bits per heavy atom. The molecule has 1 aromatic carbocycles. The maximum Gasteiger partial charge on any atom is 0.101 e. The van der Waals surface area contributed by atoms with Crippen molar-refractivity contribution in [2.75, 3.05) is 32.1 Å². The summed E-state index contributed by atoms with van der Waals surface area (Å²) in [4.78, 5) is 2.15. The lowest BCUT2D eigenvalue weighted by molar-refractivity contribution is -0.672. The molecule has 0 amide bonds. The van der Waals surface area contributed by atoms with Gasteiger partial charge in [-0.15, -0.1) is 0 Å². The summed E-state index contributed by atoms with van der Waals surface area (Å²) in [6, 6.07) is 8.94. The van der Waals surface area contributed by atoms with E-state index in [9.17, 15) is 0 Å². The number of nitrogens with zero attached hydrogens (tertiary/aromatic N) is 1. The Morgan fingerprint density at radius 1 is 1.20 bits per heavy atom. The molecule has 3 heteroatoms. The minimum absolute atomic E-state index is 0.0739. The standard InChI is InChI=1S/C22H38N2O/c1-7-21(4)17-22(18(2)3,13-15-25-21)12-14-23-16-19-8-10-20(11-9-19)24(5)6/h8-11,18,23H,7,12-17H2,1-6H3/p+1/t21-,22+/m0/s1. The van der Waals surface area contributed by atoms with Crippen molar-refractivity contribution in [2.45, 2.75) is 65.5 Å². The predicted octanol–water partition coefficient (Wildman–Crippen LogP) is 3.83. The first kappa shape index (κ1) is 20.3. The second kappa shape index (κ2) is 8.55. The van der Waals surface area contributed by atoms with Crippen LogP contribution in [0.4, 0.5) is 5.69 Å². The molecular formula is C22H39N2O+. The molecule has 25 heavy (non-hydrogen) atoms. The highest BCUT2D eigenvalue weighted by Crippen LogP contribution is 2.47. The fourth-order valence-electron chi connectivity index (χ4n) is 4.20. The highest BCUT2D eigenvalue weighted by atomic mass is 16.5. The Kier molecular flexibility index (Phi) is 6.93.